The zero-order chi connectivity index (χ0) is 22.2. The summed E-state index contributed by atoms with van der Waals surface area (Å²) in [7, 11) is 0. The van der Waals surface area contributed by atoms with E-state index in [0.29, 0.717) is 17.2 Å². The molecule has 1 heterocycles. The summed E-state index contributed by atoms with van der Waals surface area (Å²) in [5.74, 6) is -0.0991. The highest BCUT2D eigenvalue weighted by atomic mass is 16.1. The predicted octanol–water partition coefficient (Wildman–Crippen LogP) is 2.52. The number of amides is 1. The summed E-state index contributed by atoms with van der Waals surface area (Å²) in [5.41, 5.74) is 16.2. The summed E-state index contributed by atoms with van der Waals surface area (Å²) in [5, 5.41) is 26.8. The van der Waals surface area contributed by atoms with Gasteiger partial charge in [-0.25, -0.2) is 4.98 Å². The van der Waals surface area contributed by atoms with E-state index in [1.165, 1.54) is 12.3 Å². The second kappa shape index (κ2) is 10.2. The van der Waals surface area contributed by atoms with E-state index < -0.39 is 5.91 Å². The van der Waals surface area contributed by atoms with Gasteiger partial charge in [0.15, 0.2) is 0 Å². The average Bonchev–Trinajstić information content (AvgIpc) is 2.76. The zero-order valence-electron chi connectivity index (χ0n) is 16.9. The molecule has 1 saturated carbocycles. The van der Waals surface area contributed by atoms with Gasteiger partial charge in [-0.15, -0.1) is 0 Å². The van der Waals surface area contributed by atoms with Crippen molar-refractivity contribution in [2.75, 3.05) is 16.1 Å². The molecule has 2 aromatic rings. The first-order chi connectivity index (χ1) is 15.0. The molecule has 1 fully saturated rings. The highest BCUT2D eigenvalue weighted by Gasteiger charge is 2.24. The van der Waals surface area contributed by atoms with Crippen molar-refractivity contribution in [1.82, 2.24) is 4.98 Å². The smallest absolute Gasteiger partial charge is 0.252 e. The molecule has 10 nitrogen and oxygen atoms in total. The quantitative estimate of drug-likeness (QED) is 0.281. The van der Waals surface area contributed by atoms with E-state index in [0.717, 1.165) is 31.9 Å². The van der Waals surface area contributed by atoms with Crippen LogP contribution in [0.5, 0.6) is 0 Å². The van der Waals surface area contributed by atoms with Crippen molar-refractivity contribution in [2.45, 2.75) is 37.8 Å². The van der Waals surface area contributed by atoms with Gasteiger partial charge in [0, 0.05) is 24.0 Å². The Bertz CT molecular complexity index is 1030. The van der Waals surface area contributed by atoms with Crippen molar-refractivity contribution in [3.63, 3.8) is 0 Å². The Hall–Kier alpha value is -3.97. The number of hydrogen-bond donors (Lipinski definition) is 6. The number of carbonyl (C=O) groups excluding carboxylic acids is 1. The minimum atomic E-state index is -0.697. The van der Waals surface area contributed by atoms with Crippen LogP contribution in [0.4, 0.5) is 23.0 Å². The van der Waals surface area contributed by atoms with Crippen molar-refractivity contribution in [1.29, 1.82) is 10.7 Å². The first-order valence-corrected chi connectivity index (χ1v) is 9.94. The Labute approximate surface area is 180 Å². The maximum absolute atomic E-state index is 12.0. The van der Waals surface area contributed by atoms with Gasteiger partial charge >= 0.3 is 0 Å². The first kappa shape index (κ1) is 21.7. The van der Waals surface area contributed by atoms with Crippen LogP contribution < -0.4 is 27.5 Å². The Kier molecular flexibility index (Phi) is 7.13. The van der Waals surface area contributed by atoms with Gasteiger partial charge < -0.3 is 27.5 Å². The molecule has 0 aliphatic heterocycles. The van der Waals surface area contributed by atoms with E-state index in [4.69, 9.17) is 16.9 Å². The molecule has 2 atom stereocenters. The van der Waals surface area contributed by atoms with Gasteiger partial charge in [0.25, 0.3) is 5.91 Å². The van der Waals surface area contributed by atoms with Crippen molar-refractivity contribution < 1.29 is 4.79 Å². The predicted molar refractivity (Wildman–Crippen MR) is 122 cm³/mol. The number of nitrogens with zero attached hydrogens (tertiary/aromatic N) is 3. The van der Waals surface area contributed by atoms with Crippen LogP contribution in [0.3, 0.4) is 0 Å². The molecule has 0 spiro atoms. The molecule has 3 rings (SSSR count). The molecule has 1 aromatic carbocycles. The standard InChI is InChI=1S/C21H25N9O/c22-8-9-26-30-15-5-3-4-14(11-15)27-21-16(19(25)31)10-13(12-23)20(29-21)28-18-7-2-1-6-17(18)24/h3-5,8-11,17-18,22,30H,1-2,6-7,24H2,(H2,25,31)(H2,27,28,29)/b22-8?,26-9-. The number of hydrazone groups is 1. The van der Waals surface area contributed by atoms with Crippen LogP contribution in [-0.2, 0) is 0 Å². The van der Waals surface area contributed by atoms with E-state index in [1.807, 2.05) is 0 Å². The lowest BCUT2D eigenvalue weighted by molar-refractivity contribution is 0.100. The maximum atomic E-state index is 12.0. The monoisotopic (exact) mass is 419 g/mol. The van der Waals surface area contributed by atoms with Crippen molar-refractivity contribution in [3.05, 3.63) is 41.5 Å². The number of pyridine rings is 1. The van der Waals surface area contributed by atoms with Crippen LogP contribution in [0.25, 0.3) is 0 Å². The van der Waals surface area contributed by atoms with Gasteiger partial charge in [0.1, 0.15) is 17.7 Å². The van der Waals surface area contributed by atoms with Gasteiger partial charge in [-0.05, 0) is 37.1 Å². The van der Waals surface area contributed by atoms with Crippen LogP contribution in [-0.4, -0.2) is 35.4 Å². The number of nitriles is 1. The summed E-state index contributed by atoms with van der Waals surface area (Å²) >= 11 is 0. The lowest BCUT2D eigenvalue weighted by atomic mass is 9.91. The molecule has 0 saturated heterocycles. The molecule has 10 heteroatoms. The third-order valence-corrected chi connectivity index (χ3v) is 5.02. The molecule has 8 N–H and O–H groups in total. The molecule has 160 valence electrons. The minimum absolute atomic E-state index is 0.000132. The van der Waals surface area contributed by atoms with Gasteiger partial charge in [-0.2, -0.15) is 10.4 Å². The van der Waals surface area contributed by atoms with Crippen LogP contribution in [0.2, 0.25) is 0 Å². The summed E-state index contributed by atoms with van der Waals surface area (Å²) in [6.07, 6.45) is 6.29. The fourth-order valence-electron chi connectivity index (χ4n) is 3.46. The van der Waals surface area contributed by atoms with Gasteiger partial charge in [0.05, 0.1) is 23.0 Å². The fraction of sp³-hybridized carbons (Fsp3) is 0.286. The SMILES string of the molecule is N#Cc1cc(C(N)=O)c(Nc2cccc(N/N=C\C=N)c2)nc1NC1CCCCC1N. The molecular weight excluding hydrogens is 394 g/mol. The van der Waals surface area contributed by atoms with Crippen LogP contribution >= 0.6 is 0 Å². The first-order valence-electron chi connectivity index (χ1n) is 9.94. The average molecular weight is 419 g/mol. The Balaban J connectivity index is 1.92. The number of anilines is 4. The van der Waals surface area contributed by atoms with Crippen LogP contribution in [0, 0.1) is 16.7 Å². The third-order valence-electron chi connectivity index (χ3n) is 5.02. The minimum Gasteiger partial charge on any atom is -0.365 e. The lowest BCUT2D eigenvalue weighted by Crippen LogP contribution is -2.43. The number of primary amides is 1. The summed E-state index contributed by atoms with van der Waals surface area (Å²) < 4.78 is 0. The van der Waals surface area contributed by atoms with E-state index >= 15 is 0 Å². The second-order valence-electron chi connectivity index (χ2n) is 7.22. The maximum Gasteiger partial charge on any atom is 0.252 e. The highest BCUT2D eigenvalue weighted by Crippen LogP contribution is 2.28. The van der Waals surface area contributed by atoms with Crippen LogP contribution in [0.1, 0.15) is 41.6 Å². The summed E-state index contributed by atoms with van der Waals surface area (Å²) in [4.78, 5) is 16.5. The summed E-state index contributed by atoms with van der Waals surface area (Å²) in [6, 6.07) is 10.6. The fourth-order valence-corrected chi connectivity index (χ4v) is 3.46. The number of hydrogen-bond acceptors (Lipinski definition) is 9. The number of aromatic nitrogens is 1. The van der Waals surface area contributed by atoms with E-state index in [2.05, 4.69) is 32.2 Å². The Morgan fingerprint density at radius 2 is 2.03 bits per heavy atom. The van der Waals surface area contributed by atoms with Crippen molar-refractivity contribution >= 4 is 41.3 Å². The van der Waals surface area contributed by atoms with Gasteiger partial charge in [0.2, 0.25) is 0 Å². The van der Waals surface area contributed by atoms with Crippen molar-refractivity contribution in [2.24, 2.45) is 16.6 Å². The number of benzene rings is 1. The topological polar surface area (TPSA) is 178 Å². The normalized spacial score (nSPS) is 18.2. The molecular formula is C21H25N9O. The lowest BCUT2D eigenvalue weighted by Gasteiger charge is -2.30. The third kappa shape index (κ3) is 5.55. The van der Waals surface area contributed by atoms with Crippen molar-refractivity contribution in [3.8, 4) is 6.07 Å². The van der Waals surface area contributed by atoms with Gasteiger partial charge in [-0.1, -0.05) is 18.9 Å². The summed E-state index contributed by atoms with van der Waals surface area (Å²) in [6.45, 7) is 0. The molecule has 1 aliphatic carbocycles. The number of nitrogens with two attached hydrogens (primary N) is 2. The van der Waals surface area contributed by atoms with E-state index in [-0.39, 0.29) is 29.0 Å². The second-order valence-corrected chi connectivity index (χ2v) is 7.22. The number of carbonyl (C=O) groups is 1. The molecule has 0 bridgehead atoms. The molecule has 31 heavy (non-hydrogen) atoms. The van der Waals surface area contributed by atoms with Crippen LogP contribution in [0.15, 0.2) is 35.4 Å². The Morgan fingerprint density at radius 3 is 2.74 bits per heavy atom. The molecule has 0 radical (unpaired) electrons. The zero-order valence-corrected chi connectivity index (χ0v) is 16.9. The number of rotatable bonds is 8. The van der Waals surface area contributed by atoms with E-state index in [1.54, 1.807) is 24.3 Å². The highest BCUT2D eigenvalue weighted by molar-refractivity contribution is 6.14. The molecule has 1 amide bonds. The molecule has 1 aliphatic rings. The van der Waals surface area contributed by atoms with Gasteiger partial charge in [-0.3, -0.25) is 10.2 Å². The molecule has 2 unspecified atom stereocenters. The largest absolute Gasteiger partial charge is 0.365 e. The molecule has 1 aromatic heterocycles. The van der Waals surface area contributed by atoms with E-state index in [9.17, 15) is 10.1 Å². The Morgan fingerprint density at radius 1 is 1.26 bits per heavy atom. The number of nitrogens with one attached hydrogen (secondary N) is 4.